The maximum Gasteiger partial charge on any atom is 0.0859 e. The molecular formula is C15H9BrClIS. The van der Waals surface area contributed by atoms with Gasteiger partial charge in [-0.1, -0.05) is 30.3 Å². The molecule has 0 saturated heterocycles. The van der Waals surface area contributed by atoms with Crippen molar-refractivity contribution in [3.8, 4) is 0 Å². The number of benzene rings is 2. The Bertz CT molecular complexity index is 738. The average Bonchev–Trinajstić information content (AvgIpc) is 2.84. The molecule has 0 fully saturated rings. The molecule has 1 aromatic heterocycles. The molecule has 0 aliphatic heterocycles. The number of thiophene rings is 1. The lowest BCUT2D eigenvalue weighted by Gasteiger charge is -2.11. The largest absolute Gasteiger partial charge is 0.142 e. The van der Waals surface area contributed by atoms with Crippen molar-refractivity contribution in [2.24, 2.45) is 0 Å². The van der Waals surface area contributed by atoms with Gasteiger partial charge in [0.1, 0.15) is 0 Å². The third-order valence-corrected chi connectivity index (χ3v) is 6.46. The first kappa shape index (κ1) is 13.9. The lowest BCUT2D eigenvalue weighted by Crippen LogP contribution is -1.94. The van der Waals surface area contributed by atoms with Gasteiger partial charge in [-0.05, 0) is 72.5 Å². The second kappa shape index (κ2) is 5.72. The Labute approximate surface area is 143 Å². The van der Waals surface area contributed by atoms with Crippen LogP contribution in [0.25, 0.3) is 10.1 Å². The van der Waals surface area contributed by atoms with Gasteiger partial charge in [-0.15, -0.1) is 22.9 Å². The number of hydrogen-bond donors (Lipinski definition) is 0. The van der Waals surface area contributed by atoms with E-state index in [0.717, 1.165) is 4.47 Å². The third-order valence-electron chi connectivity index (χ3n) is 3.03. The third kappa shape index (κ3) is 2.58. The molecule has 4 heteroatoms. The number of alkyl halides is 1. The molecule has 0 amide bonds. The van der Waals surface area contributed by atoms with E-state index in [1.165, 1.54) is 24.8 Å². The van der Waals surface area contributed by atoms with Crippen LogP contribution in [0.3, 0.4) is 0 Å². The van der Waals surface area contributed by atoms with Crippen molar-refractivity contribution < 1.29 is 0 Å². The molecule has 1 unspecified atom stereocenters. The highest BCUT2D eigenvalue weighted by atomic mass is 127. The minimum atomic E-state index is -0.101. The molecular weight excluding hydrogens is 454 g/mol. The summed E-state index contributed by atoms with van der Waals surface area (Å²) in [4.78, 5) is 0. The topological polar surface area (TPSA) is 0 Å². The van der Waals surface area contributed by atoms with Crippen LogP contribution in [0.15, 0.2) is 52.3 Å². The molecule has 2 aromatic carbocycles. The van der Waals surface area contributed by atoms with E-state index in [2.05, 4.69) is 74.2 Å². The van der Waals surface area contributed by atoms with Gasteiger partial charge in [0.25, 0.3) is 0 Å². The zero-order valence-corrected chi connectivity index (χ0v) is 15.1. The lowest BCUT2D eigenvalue weighted by atomic mass is 10.0. The molecule has 3 rings (SSSR count). The van der Waals surface area contributed by atoms with Gasteiger partial charge in [-0.3, -0.25) is 0 Å². The fraction of sp³-hybridized carbons (Fsp3) is 0.0667. The summed E-state index contributed by atoms with van der Waals surface area (Å²) < 4.78 is 3.59. The van der Waals surface area contributed by atoms with E-state index in [1.807, 2.05) is 12.1 Å². The SMILES string of the molecule is ClC(c1ccccc1I)c1csc2c(Br)cccc12. The minimum Gasteiger partial charge on any atom is -0.142 e. The van der Waals surface area contributed by atoms with Gasteiger partial charge in [-0.25, -0.2) is 0 Å². The first-order valence-corrected chi connectivity index (χ1v) is 8.91. The van der Waals surface area contributed by atoms with Crippen molar-refractivity contribution in [3.63, 3.8) is 0 Å². The summed E-state index contributed by atoms with van der Waals surface area (Å²) >= 11 is 14.4. The molecule has 19 heavy (non-hydrogen) atoms. The highest BCUT2D eigenvalue weighted by molar-refractivity contribution is 14.1. The Kier molecular flexibility index (Phi) is 4.17. The molecule has 3 aromatic rings. The summed E-state index contributed by atoms with van der Waals surface area (Å²) in [5, 5.41) is 3.30. The maximum absolute atomic E-state index is 6.70. The Morgan fingerprint density at radius 1 is 1.05 bits per heavy atom. The molecule has 96 valence electrons. The van der Waals surface area contributed by atoms with E-state index in [1.54, 1.807) is 11.3 Å². The fourth-order valence-corrected chi connectivity index (χ4v) is 5.06. The molecule has 1 heterocycles. The molecule has 0 bridgehead atoms. The Morgan fingerprint density at radius 2 is 1.84 bits per heavy atom. The first-order chi connectivity index (χ1) is 9.18. The van der Waals surface area contributed by atoms with Gasteiger partial charge in [0.15, 0.2) is 0 Å². The van der Waals surface area contributed by atoms with Crippen LogP contribution in [0, 0.1) is 3.57 Å². The second-order valence-corrected chi connectivity index (χ2v) is 7.52. The summed E-state index contributed by atoms with van der Waals surface area (Å²) in [6.07, 6.45) is 0. The number of halogens is 3. The predicted octanol–water partition coefficient (Wildman–Crippen LogP) is 6.60. The van der Waals surface area contributed by atoms with E-state index in [-0.39, 0.29) is 5.38 Å². The van der Waals surface area contributed by atoms with Crippen molar-refractivity contribution in [1.29, 1.82) is 0 Å². The highest BCUT2D eigenvalue weighted by Gasteiger charge is 2.18. The Morgan fingerprint density at radius 3 is 2.63 bits per heavy atom. The van der Waals surface area contributed by atoms with Gasteiger partial charge < -0.3 is 0 Å². The molecule has 0 spiro atoms. The lowest BCUT2D eigenvalue weighted by molar-refractivity contribution is 1.15. The molecule has 0 N–H and O–H groups in total. The van der Waals surface area contributed by atoms with Crippen molar-refractivity contribution in [2.75, 3.05) is 0 Å². The summed E-state index contributed by atoms with van der Waals surface area (Å²) in [7, 11) is 0. The summed E-state index contributed by atoms with van der Waals surface area (Å²) in [5.74, 6) is 0. The molecule has 0 nitrogen and oxygen atoms in total. The van der Waals surface area contributed by atoms with Crippen LogP contribution < -0.4 is 0 Å². The number of rotatable bonds is 2. The van der Waals surface area contributed by atoms with Crippen molar-refractivity contribution in [1.82, 2.24) is 0 Å². The smallest absolute Gasteiger partial charge is 0.0859 e. The zero-order chi connectivity index (χ0) is 13.4. The van der Waals surface area contributed by atoms with Crippen molar-refractivity contribution >= 4 is 71.5 Å². The summed E-state index contributed by atoms with van der Waals surface area (Å²) in [6, 6.07) is 14.5. The van der Waals surface area contributed by atoms with Gasteiger partial charge in [0, 0.05) is 12.7 Å². The summed E-state index contributed by atoms with van der Waals surface area (Å²) in [6.45, 7) is 0. The van der Waals surface area contributed by atoms with Crippen molar-refractivity contribution in [2.45, 2.75) is 5.38 Å². The monoisotopic (exact) mass is 462 g/mol. The quantitative estimate of drug-likeness (QED) is 0.297. The van der Waals surface area contributed by atoms with E-state index < -0.39 is 0 Å². The van der Waals surface area contributed by atoms with E-state index >= 15 is 0 Å². The molecule has 0 aliphatic rings. The average molecular weight is 464 g/mol. The van der Waals surface area contributed by atoms with Crippen LogP contribution in [0.5, 0.6) is 0 Å². The van der Waals surface area contributed by atoms with Crippen LogP contribution >= 0.6 is 61.5 Å². The number of fused-ring (bicyclic) bond motifs is 1. The first-order valence-electron chi connectivity index (χ1n) is 5.72. The Hall–Kier alpha value is -0.100. The maximum atomic E-state index is 6.70. The predicted molar refractivity (Wildman–Crippen MR) is 96.4 cm³/mol. The second-order valence-electron chi connectivity index (χ2n) is 4.19. The van der Waals surface area contributed by atoms with Crippen LogP contribution in [0.1, 0.15) is 16.5 Å². The molecule has 0 aliphatic carbocycles. The van der Waals surface area contributed by atoms with Crippen LogP contribution in [0.2, 0.25) is 0 Å². The molecule has 0 saturated carbocycles. The van der Waals surface area contributed by atoms with Gasteiger partial charge in [0.05, 0.1) is 5.38 Å². The van der Waals surface area contributed by atoms with Crippen molar-refractivity contribution in [3.05, 3.63) is 67.0 Å². The highest BCUT2D eigenvalue weighted by Crippen LogP contribution is 2.40. The fourth-order valence-electron chi connectivity index (χ4n) is 2.09. The number of hydrogen-bond acceptors (Lipinski definition) is 1. The zero-order valence-electron chi connectivity index (χ0n) is 9.74. The molecule has 0 radical (unpaired) electrons. The normalized spacial score (nSPS) is 12.8. The van der Waals surface area contributed by atoms with Crippen LogP contribution in [0.4, 0.5) is 0 Å². The Balaban J connectivity index is 2.15. The van der Waals surface area contributed by atoms with Crippen LogP contribution in [-0.4, -0.2) is 0 Å². The standard InChI is InChI=1S/C15H9BrClIS/c16-12-6-3-5-9-11(8-19-15(9)12)14(17)10-4-1-2-7-13(10)18/h1-8,14H. The van der Waals surface area contributed by atoms with E-state index in [9.17, 15) is 0 Å². The minimum absolute atomic E-state index is 0.101. The van der Waals surface area contributed by atoms with E-state index in [4.69, 9.17) is 11.6 Å². The van der Waals surface area contributed by atoms with Gasteiger partial charge in [0.2, 0.25) is 0 Å². The summed E-state index contributed by atoms with van der Waals surface area (Å²) in [5.41, 5.74) is 2.36. The van der Waals surface area contributed by atoms with Gasteiger partial charge in [-0.2, -0.15) is 0 Å². The molecule has 1 atom stereocenters. The van der Waals surface area contributed by atoms with Crippen LogP contribution in [-0.2, 0) is 0 Å². The van der Waals surface area contributed by atoms with Gasteiger partial charge >= 0.3 is 0 Å². The van der Waals surface area contributed by atoms with E-state index in [0.29, 0.717) is 0 Å².